The first kappa shape index (κ1) is 17.7. The molecule has 132 valence electrons. The third kappa shape index (κ3) is 3.75. The van der Waals surface area contributed by atoms with Crippen molar-refractivity contribution in [2.24, 2.45) is 5.92 Å². The summed E-state index contributed by atoms with van der Waals surface area (Å²) >= 11 is 0. The summed E-state index contributed by atoms with van der Waals surface area (Å²) in [7, 11) is 0. The summed E-state index contributed by atoms with van der Waals surface area (Å²) in [5.41, 5.74) is 3.34. The minimum atomic E-state index is -0.453. The maximum absolute atomic E-state index is 12.4. The zero-order chi connectivity index (χ0) is 18.5. The van der Waals surface area contributed by atoms with E-state index in [1.807, 2.05) is 37.3 Å². The molecule has 1 heterocycles. The number of hydrogen-bond donors (Lipinski definition) is 0. The maximum Gasteiger partial charge on any atom is 0.311 e. The molecule has 0 saturated carbocycles. The van der Waals surface area contributed by atoms with Crippen LogP contribution in [-0.2, 0) is 27.4 Å². The molecule has 0 aliphatic carbocycles. The highest BCUT2D eigenvalue weighted by atomic mass is 16.5. The molecule has 1 amide bonds. The quantitative estimate of drug-likeness (QED) is 0.778. The number of hydrogen-bond acceptors (Lipinski definition) is 4. The van der Waals surface area contributed by atoms with Crippen molar-refractivity contribution in [2.45, 2.75) is 26.4 Å². The minimum Gasteiger partial charge on any atom is -0.461 e. The van der Waals surface area contributed by atoms with E-state index in [1.165, 1.54) is 0 Å². The van der Waals surface area contributed by atoms with Crippen molar-refractivity contribution in [1.82, 2.24) is 0 Å². The van der Waals surface area contributed by atoms with Crippen LogP contribution in [0.5, 0.6) is 0 Å². The normalized spacial score (nSPS) is 16.4. The number of aryl methyl sites for hydroxylation is 1. The average Bonchev–Trinajstić information content (AvgIpc) is 3.08. The fraction of sp³-hybridized carbons (Fsp3) is 0.286. The minimum absolute atomic E-state index is 0.0498. The molecule has 1 atom stereocenters. The molecule has 0 radical (unpaired) electrons. The number of nitriles is 1. The van der Waals surface area contributed by atoms with Gasteiger partial charge in [0.05, 0.1) is 17.6 Å². The molecule has 2 aromatic carbocycles. The first-order chi connectivity index (χ1) is 12.6. The van der Waals surface area contributed by atoms with Crippen LogP contribution in [0.15, 0.2) is 48.5 Å². The van der Waals surface area contributed by atoms with Crippen LogP contribution in [0.1, 0.15) is 30.0 Å². The molecule has 1 aliphatic heterocycles. The molecule has 0 N–H and O–H groups in total. The molecule has 1 saturated heterocycles. The van der Waals surface area contributed by atoms with Crippen LogP contribution >= 0.6 is 0 Å². The maximum atomic E-state index is 12.4. The fourth-order valence-corrected chi connectivity index (χ4v) is 3.12. The van der Waals surface area contributed by atoms with E-state index in [1.54, 1.807) is 29.2 Å². The topological polar surface area (TPSA) is 70.4 Å². The van der Waals surface area contributed by atoms with E-state index in [0.29, 0.717) is 12.1 Å². The second kappa shape index (κ2) is 7.83. The molecule has 0 aromatic heterocycles. The van der Waals surface area contributed by atoms with Crippen LogP contribution in [0.2, 0.25) is 0 Å². The lowest BCUT2D eigenvalue weighted by molar-refractivity contribution is -0.149. The predicted octanol–water partition coefficient (Wildman–Crippen LogP) is 3.22. The summed E-state index contributed by atoms with van der Waals surface area (Å²) in [6.07, 6.45) is 0.998. The first-order valence-corrected chi connectivity index (χ1v) is 8.66. The van der Waals surface area contributed by atoms with Crippen molar-refractivity contribution in [1.29, 1.82) is 5.26 Å². The van der Waals surface area contributed by atoms with Gasteiger partial charge in [0.25, 0.3) is 0 Å². The van der Waals surface area contributed by atoms with Crippen molar-refractivity contribution in [2.75, 3.05) is 11.4 Å². The lowest BCUT2D eigenvalue weighted by Crippen LogP contribution is -2.27. The van der Waals surface area contributed by atoms with E-state index in [-0.39, 0.29) is 24.9 Å². The van der Waals surface area contributed by atoms with Gasteiger partial charge in [0.1, 0.15) is 6.61 Å². The van der Waals surface area contributed by atoms with E-state index < -0.39 is 5.92 Å². The molecular weight excluding hydrogens is 328 g/mol. The van der Waals surface area contributed by atoms with Crippen molar-refractivity contribution < 1.29 is 14.3 Å². The number of anilines is 1. The van der Waals surface area contributed by atoms with Gasteiger partial charge < -0.3 is 9.64 Å². The molecule has 5 nitrogen and oxygen atoms in total. The molecule has 0 spiro atoms. The van der Waals surface area contributed by atoms with E-state index in [9.17, 15) is 9.59 Å². The molecule has 26 heavy (non-hydrogen) atoms. The lowest BCUT2D eigenvalue weighted by atomic mass is 10.1. The highest BCUT2D eigenvalue weighted by molar-refractivity contribution is 6.00. The van der Waals surface area contributed by atoms with Gasteiger partial charge in [0.15, 0.2) is 0 Å². The Balaban J connectivity index is 1.62. The summed E-state index contributed by atoms with van der Waals surface area (Å²) in [6.45, 7) is 2.53. The standard InChI is InChI=1S/C21H20N2O3/c1-2-17-5-3-4-6-19(17)23-13-18(11-20(23)24)21(25)26-14-16-9-7-15(12-22)8-10-16/h3-10,18H,2,11,13-14H2,1H3/t18-/m0/s1. The molecule has 0 unspecified atom stereocenters. The van der Waals surface area contributed by atoms with Crippen molar-refractivity contribution in [3.05, 3.63) is 65.2 Å². The van der Waals surface area contributed by atoms with Crippen LogP contribution in [0.25, 0.3) is 0 Å². The van der Waals surface area contributed by atoms with Gasteiger partial charge in [-0.3, -0.25) is 9.59 Å². The number of ether oxygens (including phenoxy) is 1. The van der Waals surface area contributed by atoms with E-state index >= 15 is 0 Å². The van der Waals surface area contributed by atoms with Crippen molar-refractivity contribution in [3.63, 3.8) is 0 Å². The SMILES string of the molecule is CCc1ccccc1N1C[C@@H](C(=O)OCc2ccc(C#N)cc2)CC1=O. The number of rotatable bonds is 5. The summed E-state index contributed by atoms with van der Waals surface area (Å²) in [6, 6.07) is 16.7. The number of esters is 1. The zero-order valence-corrected chi connectivity index (χ0v) is 14.6. The number of nitrogens with zero attached hydrogens (tertiary/aromatic N) is 2. The van der Waals surface area contributed by atoms with Gasteiger partial charge in [0, 0.05) is 18.7 Å². The highest BCUT2D eigenvalue weighted by Crippen LogP contribution is 2.29. The summed E-state index contributed by atoms with van der Waals surface area (Å²) in [5, 5.41) is 8.80. The van der Waals surface area contributed by atoms with Crippen LogP contribution in [0.3, 0.4) is 0 Å². The number of benzene rings is 2. The highest BCUT2D eigenvalue weighted by Gasteiger charge is 2.36. The van der Waals surface area contributed by atoms with Gasteiger partial charge in [-0.15, -0.1) is 0 Å². The molecule has 5 heteroatoms. The van der Waals surface area contributed by atoms with Crippen LogP contribution in [0, 0.1) is 17.2 Å². The Bertz CT molecular complexity index is 852. The Morgan fingerprint density at radius 1 is 1.23 bits per heavy atom. The molecule has 3 rings (SSSR count). The third-order valence-corrected chi connectivity index (χ3v) is 4.59. The molecular formula is C21H20N2O3. The number of carbonyl (C=O) groups excluding carboxylic acids is 2. The Hall–Kier alpha value is -3.13. The second-order valence-corrected chi connectivity index (χ2v) is 6.30. The zero-order valence-electron chi connectivity index (χ0n) is 14.6. The van der Waals surface area contributed by atoms with Gasteiger partial charge in [-0.2, -0.15) is 5.26 Å². The molecule has 0 bridgehead atoms. The van der Waals surface area contributed by atoms with Crippen LogP contribution < -0.4 is 4.90 Å². The molecule has 1 fully saturated rings. The van der Waals surface area contributed by atoms with E-state index in [2.05, 4.69) is 0 Å². The Morgan fingerprint density at radius 3 is 2.65 bits per heavy atom. The summed E-state index contributed by atoms with van der Waals surface area (Å²) in [5.74, 6) is -0.865. The first-order valence-electron chi connectivity index (χ1n) is 8.66. The Morgan fingerprint density at radius 2 is 1.96 bits per heavy atom. The van der Waals surface area contributed by atoms with Gasteiger partial charge in [-0.25, -0.2) is 0 Å². The monoisotopic (exact) mass is 348 g/mol. The van der Waals surface area contributed by atoms with Gasteiger partial charge >= 0.3 is 5.97 Å². The van der Waals surface area contributed by atoms with Gasteiger partial charge in [-0.1, -0.05) is 37.3 Å². The Kier molecular flexibility index (Phi) is 5.33. The lowest BCUT2D eigenvalue weighted by Gasteiger charge is -2.19. The van der Waals surface area contributed by atoms with E-state index in [0.717, 1.165) is 23.2 Å². The second-order valence-electron chi connectivity index (χ2n) is 6.30. The number of amides is 1. The molecule has 1 aliphatic rings. The number of para-hydroxylation sites is 1. The van der Waals surface area contributed by atoms with Crippen LogP contribution in [-0.4, -0.2) is 18.4 Å². The van der Waals surface area contributed by atoms with Gasteiger partial charge in [-0.05, 0) is 35.7 Å². The summed E-state index contributed by atoms with van der Waals surface area (Å²) < 4.78 is 5.37. The molecule has 2 aromatic rings. The van der Waals surface area contributed by atoms with Gasteiger partial charge in [0.2, 0.25) is 5.91 Å². The average molecular weight is 348 g/mol. The van der Waals surface area contributed by atoms with Crippen molar-refractivity contribution in [3.8, 4) is 6.07 Å². The largest absolute Gasteiger partial charge is 0.461 e. The van der Waals surface area contributed by atoms with Crippen LogP contribution in [0.4, 0.5) is 5.69 Å². The predicted molar refractivity (Wildman–Crippen MR) is 97.2 cm³/mol. The third-order valence-electron chi connectivity index (χ3n) is 4.59. The van der Waals surface area contributed by atoms with E-state index in [4.69, 9.17) is 10.00 Å². The fourth-order valence-electron chi connectivity index (χ4n) is 3.12. The summed E-state index contributed by atoms with van der Waals surface area (Å²) in [4.78, 5) is 26.4. The smallest absolute Gasteiger partial charge is 0.311 e. The Labute approximate surface area is 152 Å². The number of carbonyl (C=O) groups is 2. The van der Waals surface area contributed by atoms with Crippen molar-refractivity contribution >= 4 is 17.6 Å².